The second-order valence-electron chi connectivity index (χ2n) is 5.11. The molecule has 1 aliphatic carbocycles. The average molecular weight is 263 g/mol. The minimum absolute atomic E-state index is 0.0554. The van der Waals surface area contributed by atoms with Gasteiger partial charge in [0.15, 0.2) is 0 Å². The monoisotopic (exact) mass is 263 g/mol. The van der Waals surface area contributed by atoms with Crippen LogP contribution < -0.4 is 5.32 Å². The third-order valence-corrected chi connectivity index (χ3v) is 3.87. The van der Waals surface area contributed by atoms with Crippen molar-refractivity contribution >= 4 is 5.97 Å². The number of hydrogen-bond acceptors (Lipinski definition) is 4. The summed E-state index contributed by atoms with van der Waals surface area (Å²) < 4.78 is 4.93. The maximum absolute atomic E-state index is 11.9. The Morgan fingerprint density at radius 1 is 1.26 bits per heavy atom. The van der Waals surface area contributed by atoms with Crippen LogP contribution in [0, 0.1) is 0 Å². The molecule has 0 unspecified atom stereocenters. The van der Waals surface area contributed by atoms with Crippen LogP contribution in [0.4, 0.5) is 0 Å². The maximum Gasteiger partial charge on any atom is 0.326 e. The number of aliphatic hydroxyl groups excluding tert-OH is 1. The van der Waals surface area contributed by atoms with Crippen LogP contribution in [0.15, 0.2) is 24.3 Å². The Balaban J connectivity index is 2.00. The highest BCUT2D eigenvalue weighted by Crippen LogP contribution is 2.31. The van der Waals surface area contributed by atoms with E-state index in [1.54, 1.807) is 0 Å². The molecule has 0 amide bonds. The zero-order chi connectivity index (χ0) is 13.7. The summed E-state index contributed by atoms with van der Waals surface area (Å²) >= 11 is 0. The van der Waals surface area contributed by atoms with E-state index in [-0.39, 0.29) is 12.6 Å². The Kier molecular flexibility index (Phi) is 4.56. The highest BCUT2D eigenvalue weighted by molar-refractivity contribution is 5.81. The molecule has 0 atom stereocenters. The summed E-state index contributed by atoms with van der Waals surface area (Å²) in [5.74, 6) is -0.156. The van der Waals surface area contributed by atoms with Gasteiger partial charge >= 0.3 is 5.97 Å². The Morgan fingerprint density at radius 3 is 2.37 bits per heavy atom. The average Bonchev–Trinajstić information content (AvgIpc) is 2.95. The molecule has 0 radical (unpaired) electrons. The number of methoxy groups -OCH3 is 1. The minimum atomic E-state index is -0.510. The number of hydrogen-bond donors (Lipinski definition) is 2. The van der Waals surface area contributed by atoms with Crippen molar-refractivity contribution in [2.45, 2.75) is 44.4 Å². The van der Waals surface area contributed by atoms with Crippen molar-refractivity contribution in [3.8, 4) is 0 Å². The zero-order valence-corrected chi connectivity index (χ0v) is 11.3. The fraction of sp³-hybridized carbons (Fsp3) is 0.533. The van der Waals surface area contributed by atoms with E-state index in [0.29, 0.717) is 6.54 Å². The first-order chi connectivity index (χ1) is 9.20. The third kappa shape index (κ3) is 3.14. The first kappa shape index (κ1) is 14.0. The molecule has 2 N–H and O–H groups in total. The molecule has 0 aromatic heterocycles. The minimum Gasteiger partial charge on any atom is -0.468 e. The van der Waals surface area contributed by atoms with Crippen molar-refractivity contribution in [3.63, 3.8) is 0 Å². The van der Waals surface area contributed by atoms with Crippen LogP contribution in [-0.4, -0.2) is 23.7 Å². The number of carbonyl (C=O) groups is 1. The first-order valence-corrected chi connectivity index (χ1v) is 6.72. The predicted molar refractivity (Wildman–Crippen MR) is 72.4 cm³/mol. The van der Waals surface area contributed by atoms with Gasteiger partial charge in [0.1, 0.15) is 5.54 Å². The lowest BCUT2D eigenvalue weighted by molar-refractivity contribution is -0.148. The molecule has 4 nitrogen and oxygen atoms in total. The van der Waals surface area contributed by atoms with Gasteiger partial charge in [-0.15, -0.1) is 0 Å². The van der Waals surface area contributed by atoms with Gasteiger partial charge in [-0.1, -0.05) is 37.1 Å². The van der Waals surface area contributed by atoms with E-state index in [0.717, 1.165) is 36.8 Å². The van der Waals surface area contributed by atoms with Gasteiger partial charge in [0.25, 0.3) is 0 Å². The van der Waals surface area contributed by atoms with Gasteiger partial charge in [-0.05, 0) is 24.0 Å². The molecule has 0 bridgehead atoms. The fourth-order valence-electron chi connectivity index (χ4n) is 2.66. The number of ether oxygens (including phenoxy) is 1. The molecule has 19 heavy (non-hydrogen) atoms. The third-order valence-electron chi connectivity index (χ3n) is 3.87. The summed E-state index contributed by atoms with van der Waals surface area (Å²) in [7, 11) is 1.44. The summed E-state index contributed by atoms with van der Waals surface area (Å²) in [4.78, 5) is 11.9. The van der Waals surface area contributed by atoms with Gasteiger partial charge in [-0.2, -0.15) is 0 Å². The molecule has 104 valence electrons. The Bertz CT molecular complexity index is 422. The summed E-state index contributed by atoms with van der Waals surface area (Å²) in [6, 6.07) is 7.74. The number of nitrogens with one attached hydrogen (secondary N) is 1. The van der Waals surface area contributed by atoms with Crippen LogP contribution >= 0.6 is 0 Å². The summed E-state index contributed by atoms with van der Waals surface area (Å²) in [6.07, 6.45) is 3.81. The zero-order valence-electron chi connectivity index (χ0n) is 11.3. The molecule has 1 aromatic carbocycles. The molecular weight excluding hydrogens is 242 g/mol. The highest BCUT2D eigenvalue weighted by Gasteiger charge is 2.41. The van der Waals surface area contributed by atoms with Gasteiger partial charge < -0.3 is 9.84 Å². The SMILES string of the molecule is COC(=O)C1(NCc2ccc(CO)cc2)CCCC1. The van der Waals surface area contributed by atoms with E-state index in [4.69, 9.17) is 9.84 Å². The quantitative estimate of drug-likeness (QED) is 0.795. The standard InChI is InChI=1S/C15H21NO3/c1-19-14(18)15(8-2-3-9-15)16-10-12-4-6-13(11-17)7-5-12/h4-7,16-17H,2-3,8-11H2,1H3. The van der Waals surface area contributed by atoms with Crippen LogP contribution in [0.25, 0.3) is 0 Å². The smallest absolute Gasteiger partial charge is 0.326 e. The fourth-order valence-corrected chi connectivity index (χ4v) is 2.66. The second kappa shape index (κ2) is 6.17. The topological polar surface area (TPSA) is 58.6 Å². The summed E-state index contributed by atoms with van der Waals surface area (Å²) in [5.41, 5.74) is 1.49. The molecule has 0 saturated heterocycles. The molecule has 0 aliphatic heterocycles. The second-order valence-corrected chi connectivity index (χ2v) is 5.11. The molecule has 0 heterocycles. The van der Waals surface area contributed by atoms with Crippen molar-refractivity contribution in [3.05, 3.63) is 35.4 Å². The summed E-state index contributed by atoms with van der Waals surface area (Å²) in [5, 5.41) is 12.4. The van der Waals surface area contributed by atoms with Crippen LogP contribution in [0.3, 0.4) is 0 Å². The molecule has 1 saturated carbocycles. The number of benzene rings is 1. The first-order valence-electron chi connectivity index (χ1n) is 6.72. The molecule has 1 fully saturated rings. The van der Waals surface area contributed by atoms with E-state index in [1.807, 2.05) is 24.3 Å². The van der Waals surface area contributed by atoms with Crippen molar-refractivity contribution < 1.29 is 14.6 Å². The van der Waals surface area contributed by atoms with Crippen LogP contribution in [0.2, 0.25) is 0 Å². The van der Waals surface area contributed by atoms with Crippen molar-refractivity contribution in [2.24, 2.45) is 0 Å². The normalized spacial score (nSPS) is 17.4. The van der Waals surface area contributed by atoms with Gasteiger partial charge in [-0.25, -0.2) is 0 Å². The Morgan fingerprint density at radius 2 is 1.84 bits per heavy atom. The number of rotatable bonds is 5. The largest absolute Gasteiger partial charge is 0.468 e. The van der Waals surface area contributed by atoms with Gasteiger partial charge in [-0.3, -0.25) is 10.1 Å². The van der Waals surface area contributed by atoms with E-state index in [1.165, 1.54) is 7.11 Å². The lowest BCUT2D eigenvalue weighted by atomic mass is 9.97. The van der Waals surface area contributed by atoms with E-state index < -0.39 is 5.54 Å². The molecule has 1 aliphatic rings. The van der Waals surface area contributed by atoms with Crippen LogP contribution in [0.1, 0.15) is 36.8 Å². The van der Waals surface area contributed by atoms with Crippen LogP contribution in [-0.2, 0) is 22.7 Å². The predicted octanol–water partition coefficient (Wildman–Crippen LogP) is 1.75. The Hall–Kier alpha value is -1.39. The van der Waals surface area contributed by atoms with Gasteiger partial charge in [0.05, 0.1) is 13.7 Å². The van der Waals surface area contributed by atoms with Crippen LogP contribution in [0.5, 0.6) is 0 Å². The molecule has 0 spiro atoms. The maximum atomic E-state index is 11.9. The Labute approximate surface area is 113 Å². The van der Waals surface area contributed by atoms with E-state index in [9.17, 15) is 4.79 Å². The van der Waals surface area contributed by atoms with E-state index in [2.05, 4.69) is 5.32 Å². The molecule has 1 aromatic rings. The number of carbonyl (C=O) groups excluding carboxylic acids is 1. The van der Waals surface area contributed by atoms with Gasteiger partial charge in [0.2, 0.25) is 0 Å². The molecule has 2 rings (SSSR count). The van der Waals surface area contributed by atoms with Crippen molar-refractivity contribution in [1.29, 1.82) is 0 Å². The number of aliphatic hydroxyl groups is 1. The van der Waals surface area contributed by atoms with E-state index >= 15 is 0 Å². The summed E-state index contributed by atoms with van der Waals surface area (Å²) in [6.45, 7) is 0.695. The van der Waals surface area contributed by atoms with Gasteiger partial charge in [0, 0.05) is 6.54 Å². The lowest BCUT2D eigenvalue weighted by Crippen LogP contribution is -2.50. The lowest BCUT2D eigenvalue weighted by Gasteiger charge is -2.27. The van der Waals surface area contributed by atoms with Crippen molar-refractivity contribution in [2.75, 3.05) is 7.11 Å². The van der Waals surface area contributed by atoms with Crippen molar-refractivity contribution in [1.82, 2.24) is 5.32 Å². The molecular formula is C15H21NO3. The molecule has 4 heteroatoms. The number of esters is 1. The highest BCUT2D eigenvalue weighted by atomic mass is 16.5.